The molecule has 1 heterocycles. The van der Waals surface area contributed by atoms with Crippen molar-refractivity contribution in [3.8, 4) is 16.9 Å². The summed E-state index contributed by atoms with van der Waals surface area (Å²) in [4.78, 5) is 32.2. The number of hydrogen-bond acceptors (Lipinski definition) is 3. The molecule has 0 unspecified atom stereocenters. The number of amides is 2. The molecular formula is C28H25ClN4O2. The van der Waals surface area contributed by atoms with Crippen molar-refractivity contribution in [1.29, 1.82) is 0 Å². The van der Waals surface area contributed by atoms with E-state index >= 15 is 0 Å². The van der Waals surface area contributed by atoms with Crippen LogP contribution < -0.4 is 5.32 Å². The molecule has 7 heteroatoms. The third-order valence-electron chi connectivity index (χ3n) is 5.41. The Bertz CT molecular complexity index is 1350. The second kappa shape index (κ2) is 10.8. The molecule has 0 atom stereocenters. The normalized spacial score (nSPS) is 10.6. The molecule has 1 aromatic heterocycles. The van der Waals surface area contributed by atoms with Gasteiger partial charge in [0.15, 0.2) is 0 Å². The fraction of sp³-hybridized carbons (Fsp3) is 0.107. The lowest BCUT2D eigenvalue weighted by atomic mass is 10.2. The summed E-state index contributed by atoms with van der Waals surface area (Å²) >= 11 is 6.20. The van der Waals surface area contributed by atoms with Gasteiger partial charge < -0.3 is 4.90 Å². The van der Waals surface area contributed by atoms with Crippen LogP contribution in [-0.4, -0.2) is 39.4 Å². The Morgan fingerprint density at radius 1 is 1.03 bits per heavy atom. The molecule has 0 aliphatic carbocycles. The van der Waals surface area contributed by atoms with E-state index in [0.717, 1.165) is 22.5 Å². The predicted molar refractivity (Wildman–Crippen MR) is 140 cm³/mol. The Morgan fingerprint density at radius 2 is 1.71 bits per heavy atom. The van der Waals surface area contributed by atoms with Crippen molar-refractivity contribution in [2.45, 2.75) is 6.92 Å². The molecule has 35 heavy (non-hydrogen) atoms. The van der Waals surface area contributed by atoms with Crippen molar-refractivity contribution in [3.63, 3.8) is 0 Å². The molecule has 0 fully saturated rings. The number of benzene rings is 3. The van der Waals surface area contributed by atoms with Gasteiger partial charge in [-0.05, 0) is 31.2 Å². The van der Waals surface area contributed by atoms with E-state index in [2.05, 4.69) is 16.9 Å². The third kappa shape index (κ3) is 5.67. The van der Waals surface area contributed by atoms with Crippen LogP contribution in [0.4, 0.5) is 5.95 Å². The van der Waals surface area contributed by atoms with Crippen molar-refractivity contribution in [2.75, 3.05) is 18.4 Å². The Balaban J connectivity index is 1.61. The van der Waals surface area contributed by atoms with E-state index in [1.54, 1.807) is 30.3 Å². The number of halogens is 1. The van der Waals surface area contributed by atoms with Crippen LogP contribution >= 0.6 is 11.6 Å². The lowest BCUT2D eigenvalue weighted by Gasteiger charge is -2.21. The fourth-order valence-electron chi connectivity index (χ4n) is 3.64. The number of nitrogens with one attached hydrogen (secondary N) is 1. The molecular weight excluding hydrogens is 460 g/mol. The van der Waals surface area contributed by atoms with Crippen LogP contribution in [-0.2, 0) is 4.79 Å². The number of nitrogens with zero attached hydrogens (tertiary/aromatic N) is 3. The second-order valence-electron chi connectivity index (χ2n) is 8.02. The monoisotopic (exact) mass is 484 g/mol. The van der Waals surface area contributed by atoms with Gasteiger partial charge in [0.2, 0.25) is 11.9 Å². The summed E-state index contributed by atoms with van der Waals surface area (Å²) in [5.74, 6) is -0.371. The average Bonchev–Trinajstić information content (AvgIpc) is 3.28. The Morgan fingerprint density at radius 3 is 2.40 bits per heavy atom. The third-order valence-corrected chi connectivity index (χ3v) is 5.74. The van der Waals surface area contributed by atoms with E-state index in [9.17, 15) is 9.59 Å². The molecule has 0 bridgehead atoms. The maximum Gasteiger partial charge on any atom is 0.256 e. The molecule has 0 saturated heterocycles. The van der Waals surface area contributed by atoms with Gasteiger partial charge in [0.25, 0.3) is 5.91 Å². The van der Waals surface area contributed by atoms with Crippen LogP contribution in [0.5, 0.6) is 0 Å². The van der Waals surface area contributed by atoms with Crippen LogP contribution in [0, 0.1) is 6.92 Å². The SMILES string of the molecule is C=CCN(CC(=O)Nc1nc(-c2ccccc2)cn1-c1ccc(C)cc1)C(=O)c1ccccc1Cl. The van der Waals surface area contributed by atoms with E-state index in [0.29, 0.717) is 16.5 Å². The predicted octanol–water partition coefficient (Wildman–Crippen LogP) is 5.77. The highest BCUT2D eigenvalue weighted by molar-refractivity contribution is 6.33. The molecule has 176 valence electrons. The van der Waals surface area contributed by atoms with E-state index < -0.39 is 0 Å². The van der Waals surface area contributed by atoms with Crippen molar-refractivity contribution in [2.24, 2.45) is 0 Å². The summed E-state index contributed by atoms with van der Waals surface area (Å²) in [5, 5.41) is 3.20. The van der Waals surface area contributed by atoms with Gasteiger partial charge in [-0.3, -0.25) is 19.5 Å². The van der Waals surface area contributed by atoms with Gasteiger partial charge in [-0.2, -0.15) is 0 Å². The Labute approximate surface area is 209 Å². The highest BCUT2D eigenvalue weighted by Gasteiger charge is 2.21. The van der Waals surface area contributed by atoms with Gasteiger partial charge in [-0.15, -0.1) is 6.58 Å². The molecule has 0 aliphatic heterocycles. The van der Waals surface area contributed by atoms with Crippen molar-refractivity contribution in [3.05, 3.63) is 114 Å². The first-order valence-electron chi connectivity index (χ1n) is 11.1. The van der Waals surface area contributed by atoms with E-state index in [1.165, 1.54) is 4.90 Å². The molecule has 4 aromatic rings. The number of rotatable bonds is 8. The zero-order chi connectivity index (χ0) is 24.8. The van der Waals surface area contributed by atoms with Gasteiger partial charge in [0.05, 0.1) is 16.3 Å². The lowest BCUT2D eigenvalue weighted by molar-refractivity contribution is -0.116. The first kappa shape index (κ1) is 24.0. The minimum Gasteiger partial charge on any atom is -0.326 e. The molecule has 2 amide bonds. The van der Waals surface area contributed by atoms with Crippen molar-refractivity contribution >= 4 is 29.4 Å². The van der Waals surface area contributed by atoms with Crippen LogP contribution in [0.25, 0.3) is 16.9 Å². The molecule has 0 saturated carbocycles. The second-order valence-corrected chi connectivity index (χ2v) is 8.43. The molecule has 1 N–H and O–H groups in total. The minimum atomic E-state index is -0.383. The van der Waals surface area contributed by atoms with E-state index in [4.69, 9.17) is 11.6 Å². The summed E-state index contributed by atoms with van der Waals surface area (Å²) in [6.45, 7) is 5.74. The average molecular weight is 485 g/mol. The fourth-order valence-corrected chi connectivity index (χ4v) is 3.85. The van der Waals surface area contributed by atoms with Gasteiger partial charge >= 0.3 is 0 Å². The summed E-state index contributed by atoms with van der Waals surface area (Å²) in [5.41, 5.74) is 3.96. The van der Waals surface area contributed by atoms with Crippen molar-refractivity contribution in [1.82, 2.24) is 14.5 Å². The van der Waals surface area contributed by atoms with E-state index in [-0.39, 0.29) is 24.9 Å². The number of imidazole rings is 1. The van der Waals surface area contributed by atoms with Crippen LogP contribution in [0.2, 0.25) is 5.02 Å². The molecule has 4 rings (SSSR count). The lowest BCUT2D eigenvalue weighted by Crippen LogP contribution is -2.38. The van der Waals surface area contributed by atoms with Crippen LogP contribution in [0.15, 0.2) is 97.7 Å². The summed E-state index contributed by atoms with van der Waals surface area (Å²) < 4.78 is 1.83. The van der Waals surface area contributed by atoms with Gasteiger partial charge in [-0.1, -0.05) is 77.8 Å². The quantitative estimate of drug-likeness (QED) is 0.323. The largest absolute Gasteiger partial charge is 0.326 e. The number of aromatic nitrogens is 2. The molecule has 6 nitrogen and oxygen atoms in total. The smallest absolute Gasteiger partial charge is 0.256 e. The maximum absolute atomic E-state index is 13.1. The number of aryl methyl sites for hydroxylation is 1. The van der Waals surface area contributed by atoms with Crippen LogP contribution in [0.3, 0.4) is 0 Å². The topological polar surface area (TPSA) is 67.2 Å². The minimum absolute atomic E-state index is 0.183. The summed E-state index contributed by atoms with van der Waals surface area (Å²) in [7, 11) is 0. The first-order chi connectivity index (χ1) is 17.0. The molecule has 0 spiro atoms. The number of hydrogen-bond donors (Lipinski definition) is 1. The number of carbonyl (C=O) groups is 2. The summed E-state index contributed by atoms with van der Waals surface area (Å²) in [6, 6.07) is 24.4. The Kier molecular flexibility index (Phi) is 7.43. The van der Waals surface area contributed by atoms with Gasteiger partial charge in [0.1, 0.15) is 6.54 Å². The highest BCUT2D eigenvalue weighted by Crippen LogP contribution is 2.25. The molecule has 0 radical (unpaired) electrons. The van der Waals surface area contributed by atoms with Crippen LogP contribution in [0.1, 0.15) is 15.9 Å². The van der Waals surface area contributed by atoms with Gasteiger partial charge in [-0.25, -0.2) is 4.98 Å². The highest BCUT2D eigenvalue weighted by atomic mass is 35.5. The zero-order valence-electron chi connectivity index (χ0n) is 19.3. The Hall–Kier alpha value is -4.16. The zero-order valence-corrected chi connectivity index (χ0v) is 20.1. The van der Waals surface area contributed by atoms with Gasteiger partial charge in [0, 0.05) is 24.0 Å². The standard InChI is InChI=1S/C28H25ClN4O2/c1-3-17-32(27(35)23-11-7-8-12-24(23)29)19-26(34)31-28-30-25(21-9-5-4-6-10-21)18-33(28)22-15-13-20(2)14-16-22/h3-16,18H,1,17,19H2,2H3,(H,30,31,34). The summed E-state index contributed by atoms with van der Waals surface area (Å²) in [6.07, 6.45) is 3.45. The maximum atomic E-state index is 13.1. The molecule has 3 aromatic carbocycles. The number of anilines is 1. The number of carbonyl (C=O) groups excluding carboxylic acids is 2. The molecule has 0 aliphatic rings. The van der Waals surface area contributed by atoms with E-state index in [1.807, 2.05) is 72.3 Å². The first-order valence-corrected chi connectivity index (χ1v) is 11.5. The van der Waals surface area contributed by atoms with Crippen molar-refractivity contribution < 1.29 is 9.59 Å².